The first-order chi connectivity index (χ1) is 15.6. The summed E-state index contributed by atoms with van der Waals surface area (Å²) in [5, 5.41) is 30.3. The lowest BCUT2D eigenvalue weighted by Gasteiger charge is -2.20. The second-order valence-electron chi connectivity index (χ2n) is 10.3. The van der Waals surface area contributed by atoms with Crippen LogP contribution in [0.25, 0.3) is 0 Å². The molecule has 3 atom stereocenters. The van der Waals surface area contributed by atoms with Crippen LogP contribution in [0.1, 0.15) is 168 Å². The van der Waals surface area contributed by atoms with Gasteiger partial charge in [0, 0.05) is 6.42 Å². The van der Waals surface area contributed by atoms with Crippen LogP contribution >= 0.6 is 0 Å². The number of rotatable bonds is 26. The first-order valence-corrected chi connectivity index (χ1v) is 14.7. The number of aliphatic hydroxyl groups is 3. The van der Waals surface area contributed by atoms with Gasteiger partial charge < -0.3 is 15.3 Å². The van der Waals surface area contributed by atoms with Crippen LogP contribution in [0.3, 0.4) is 0 Å². The quantitative estimate of drug-likeness (QED) is 0.114. The van der Waals surface area contributed by atoms with E-state index in [4.69, 9.17) is 0 Å². The maximum atomic E-state index is 10.1. The Balaban J connectivity index is 3.33. The molecule has 32 heavy (non-hydrogen) atoms. The van der Waals surface area contributed by atoms with Gasteiger partial charge in [-0.05, 0) is 12.8 Å². The molecule has 0 aromatic rings. The zero-order valence-corrected chi connectivity index (χ0v) is 22.0. The molecule has 0 bridgehead atoms. The summed E-state index contributed by atoms with van der Waals surface area (Å²) in [4.78, 5) is 0. The monoisotopic (exact) mass is 456 g/mol. The van der Waals surface area contributed by atoms with Gasteiger partial charge in [0.25, 0.3) is 0 Å². The fourth-order valence-electron chi connectivity index (χ4n) is 4.63. The van der Waals surface area contributed by atoms with Gasteiger partial charge in [-0.25, -0.2) is 0 Å². The summed E-state index contributed by atoms with van der Waals surface area (Å²) < 4.78 is 0. The molecule has 194 valence electrons. The van der Waals surface area contributed by atoms with Crippen molar-refractivity contribution in [1.29, 1.82) is 0 Å². The smallest absolute Gasteiger partial charge is 0.0823 e. The lowest BCUT2D eigenvalue weighted by molar-refractivity contribution is -0.0182. The Kier molecular flexibility index (Phi) is 25.4. The van der Waals surface area contributed by atoms with Gasteiger partial charge in [0.05, 0.1) is 18.3 Å². The van der Waals surface area contributed by atoms with E-state index in [0.29, 0.717) is 12.8 Å². The number of unbranched alkanes of at least 4 members (excludes halogenated alkanes) is 19. The summed E-state index contributed by atoms with van der Waals surface area (Å²) in [6, 6.07) is 0. The highest BCUT2D eigenvalue weighted by Gasteiger charge is 2.19. The van der Waals surface area contributed by atoms with Gasteiger partial charge in [-0.2, -0.15) is 0 Å². The van der Waals surface area contributed by atoms with E-state index in [-0.39, 0.29) is 0 Å². The molecular weight excluding hydrogens is 396 g/mol. The van der Waals surface area contributed by atoms with Crippen molar-refractivity contribution >= 4 is 0 Å². The van der Waals surface area contributed by atoms with E-state index in [1.165, 1.54) is 109 Å². The number of hydrogen-bond acceptors (Lipinski definition) is 3. The van der Waals surface area contributed by atoms with Crippen LogP contribution in [0.15, 0.2) is 0 Å². The van der Waals surface area contributed by atoms with Gasteiger partial charge >= 0.3 is 0 Å². The SMILES string of the molecule is CCCCCCCCCCCCCCCCCCC[C@H](O)[C@H](O)C[C@H](O)CCCCCC. The normalized spacial score (nSPS) is 14.5. The Morgan fingerprint density at radius 1 is 0.375 bits per heavy atom. The predicted octanol–water partition coefficient (Wildman–Crippen LogP) is 8.47. The summed E-state index contributed by atoms with van der Waals surface area (Å²) in [6.07, 6.45) is 27.3. The minimum absolute atomic E-state index is 0.312. The minimum Gasteiger partial charge on any atom is -0.393 e. The molecule has 0 saturated carbocycles. The Morgan fingerprint density at radius 2 is 0.688 bits per heavy atom. The molecule has 0 aliphatic carbocycles. The highest BCUT2D eigenvalue weighted by Crippen LogP contribution is 2.17. The molecule has 0 amide bonds. The van der Waals surface area contributed by atoms with Gasteiger partial charge in [0.1, 0.15) is 0 Å². The molecule has 3 nitrogen and oxygen atoms in total. The van der Waals surface area contributed by atoms with Crippen LogP contribution in [0.2, 0.25) is 0 Å². The van der Waals surface area contributed by atoms with Crippen molar-refractivity contribution in [3.8, 4) is 0 Å². The molecule has 0 heterocycles. The Hall–Kier alpha value is -0.120. The summed E-state index contributed by atoms with van der Waals surface area (Å²) in [5.74, 6) is 0. The third-order valence-electron chi connectivity index (χ3n) is 6.95. The molecule has 0 rings (SSSR count). The van der Waals surface area contributed by atoms with Crippen LogP contribution < -0.4 is 0 Å². The van der Waals surface area contributed by atoms with Crippen LogP contribution in [-0.4, -0.2) is 33.6 Å². The van der Waals surface area contributed by atoms with Crippen molar-refractivity contribution < 1.29 is 15.3 Å². The first kappa shape index (κ1) is 31.9. The molecule has 0 fully saturated rings. The fraction of sp³-hybridized carbons (Fsp3) is 1.00. The van der Waals surface area contributed by atoms with E-state index in [1.54, 1.807) is 0 Å². The molecule has 3 heteroatoms. The Morgan fingerprint density at radius 3 is 1.09 bits per heavy atom. The fourth-order valence-corrected chi connectivity index (χ4v) is 4.63. The van der Waals surface area contributed by atoms with E-state index >= 15 is 0 Å². The Bertz CT molecular complexity index is 347. The summed E-state index contributed by atoms with van der Waals surface area (Å²) in [7, 11) is 0. The molecule has 0 radical (unpaired) electrons. The Labute approximate surface area is 201 Å². The summed E-state index contributed by atoms with van der Waals surface area (Å²) in [5.41, 5.74) is 0. The van der Waals surface area contributed by atoms with Gasteiger partial charge in [0.15, 0.2) is 0 Å². The summed E-state index contributed by atoms with van der Waals surface area (Å²) >= 11 is 0. The zero-order chi connectivity index (χ0) is 23.7. The lowest BCUT2D eigenvalue weighted by Crippen LogP contribution is -2.30. The summed E-state index contributed by atoms with van der Waals surface area (Å²) in [6.45, 7) is 4.46. The molecule has 0 unspecified atom stereocenters. The standard InChI is InChI=1S/C29H60O3/c1-3-5-7-9-10-11-12-13-14-15-16-17-18-19-20-21-23-25-28(31)29(32)26-27(30)24-22-8-6-4-2/h27-32H,3-26H2,1-2H3/t27-,28+,29-/m1/s1. The number of aliphatic hydroxyl groups excluding tert-OH is 3. The van der Waals surface area contributed by atoms with Gasteiger partial charge in [-0.15, -0.1) is 0 Å². The first-order valence-electron chi connectivity index (χ1n) is 14.7. The van der Waals surface area contributed by atoms with Crippen LogP contribution in [-0.2, 0) is 0 Å². The van der Waals surface area contributed by atoms with Gasteiger partial charge in [0.2, 0.25) is 0 Å². The third-order valence-corrected chi connectivity index (χ3v) is 6.95. The average Bonchev–Trinajstić information content (AvgIpc) is 2.78. The topological polar surface area (TPSA) is 60.7 Å². The van der Waals surface area contributed by atoms with Crippen LogP contribution in [0, 0.1) is 0 Å². The zero-order valence-electron chi connectivity index (χ0n) is 22.0. The molecule has 3 N–H and O–H groups in total. The van der Waals surface area contributed by atoms with Crippen LogP contribution in [0.4, 0.5) is 0 Å². The minimum atomic E-state index is -0.780. The molecule has 0 aromatic carbocycles. The average molecular weight is 457 g/mol. The largest absolute Gasteiger partial charge is 0.393 e. The van der Waals surface area contributed by atoms with Crippen molar-refractivity contribution in [2.24, 2.45) is 0 Å². The molecule has 0 saturated heterocycles. The highest BCUT2D eigenvalue weighted by atomic mass is 16.3. The van der Waals surface area contributed by atoms with Crippen molar-refractivity contribution in [1.82, 2.24) is 0 Å². The lowest BCUT2D eigenvalue weighted by atomic mass is 9.98. The van der Waals surface area contributed by atoms with E-state index in [2.05, 4.69) is 13.8 Å². The van der Waals surface area contributed by atoms with Crippen LogP contribution in [0.5, 0.6) is 0 Å². The third kappa shape index (κ3) is 23.1. The molecular formula is C29H60O3. The van der Waals surface area contributed by atoms with Crippen molar-refractivity contribution in [2.45, 2.75) is 186 Å². The van der Waals surface area contributed by atoms with E-state index in [1.807, 2.05) is 0 Å². The second kappa shape index (κ2) is 25.5. The van der Waals surface area contributed by atoms with Crippen molar-refractivity contribution in [3.05, 3.63) is 0 Å². The maximum Gasteiger partial charge on any atom is 0.0823 e. The molecule has 0 aliphatic rings. The molecule has 0 aromatic heterocycles. The van der Waals surface area contributed by atoms with Crippen molar-refractivity contribution in [2.75, 3.05) is 0 Å². The second-order valence-corrected chi connectivity index (χ2v) is 10.3. The highest BCUT2D eigenvalue weighted by molar-refractivity contribution is 4.71. The van der Waals surface area contributed by atoms with E-state index in [0.717, 1.165) is 32.1 Å². The molecule has 0 aliphatic heterocycles. The van der Waals surface area contributed by atoms with E-state index in [9.17, 15) is 15.3 Å². The van der Waals surface area contributed by atoms with Crippen molar-refractivity contribution in [3.63, 3.8) is 0 Å². The molecule has 0 spiro atoms. The van der Waals surface area contributed by atoms with Gasteiger partial charge in [-0.1, -0.05) is 149 Å². The number of hydrogen-bond donors (Lipinski definition) is 3. The van der Waals surface area contributed by atoms with Gasteiger partial charge in [-0.3, -0.25) is 0 Å². The van der Waals surface area contributed by atoms with E-state index < -0.39 is 18.3 Å². The predicted molar refractivity (Wildman–Crippen MR) is 140 cm³/mol. The maximum absolute atomic E-state index is 10.1.